The first-order chi connectivity index (χ1) is 9.38. The lowest BCUT2D eigenvalue weighted by Gasteiger charge is -2.16. The van der Waals surface area contributed by atoms with E-state index in [1.807, 2.05) is 22.6 Å². The van der Waals surface area contributed by atoms with Crippen LogP contribution in [0, 0.1) is 3.57 Å². The second kappa shape index (κ2) is 6.06. The molecule has 0 aliphatic carbocycles. The largest absolute Gasteiger partial charge is 0.390 e. The summed E-state index contributed by atoms with van der Waals surface area (Å²) in [5, 5.41) is 12.4. The van der Waals surface area contributed by atoms with Crippen LogP contribution in [0.4, 0.5) is 0 Å². The minimum Gasteiger partial charge on any atom is -0.390 e. The average molecular weight is 395 g/mol. The Balaban J connectivity index is 2.16. The van der Waals surface area contributed by atoms with Gasteiger partial charge in [-0.05, 0) is 22.6 Å². The van der Waals surface area contributed by atoms with E-state index in [9.17, 15) is 19.5 Å². The highest BCUT2D eigenvalue weighted by Crippen LogP contribution is 2.27. The number of nitrogens with zero attached hydrogens (tertiary/aromatic N) is 1. The maximum absolute atomic E-state index is 11.7. The Labute approximate surface area is 127 Å². The number of halogens is 1. The number of aromatic nitrogens is 2. The first-order valence-corrected chi connectivity index (χ1v) is 7.05. The summed E-state index contributed by atoms with van der Waals surface area (Å²) >= 11 is 1.81. The fraction of sp³-hybridized carbons (Fsp3) is 0.545. The van der Waals surface area contributed by atoms with Crippen molar-refractivity contribution in [1.82, 2.24) is 14.9 Å². The van der Waals surface area contributed by atoms with Crippen molar-refractivity contribution in [2.45, 2.75) is 31.8 Å². The standard InChI is InChI=1S/C11H14IN3O5/c1-5(16)13-3-8-7(17)2-9(20-8)15-4-6(12)10(18)14-11(15)19/h4,7-9,17H,2-3H2,1H3,(H,13,16)(H,14,18,19)/t7-,8+,9+/m0/s1. The van der Waals surface area contributed by atoms with Gasteiger partial charge in [0.05, 0.1) is 9.67 Å². The quantitative estimate of drug-likeness (QED) is 0.564. The predicted octanol–water partition coefficient (Wildman–Crippen LogP) is -1.07. The lowest BCUT2D eigenvalue weighted by molar-refractivity contribution is -0.120. The van der Waals surface area contributed by atoms with Gasteiger partial charge in [-0.1, -0.05) is 0 Å². The highest BCUT2D eigenvalue weighted by atomic mass is 127. The molecule has 110 valence electrons. The summed E-state index contributed by atoms with van der Waals surface area (Å²) in [7, 11) is 0. The van der Waals surface area contributed by atoms with Crippen LogP contribution in [0.1, 0.15) is 19.6 Å². The molecule has 0 spiro atoms. The number of ether oxygens (including phenoxy) is 1. The average Bonchev–Trinajstić information content (AvgIpc) is 2.72. The molecule has 1 aliphatic heterocycles. The molecule has 3 atom stereocenters. The smallest absolute Gasteiger partial charge is 0.330 e. The van der Waals surface area contributed by atoms with Crippen LogP contribution in [-0.4, -0.2) is 39.3 Å². The summed E-state index contributed by atoms with van der Waals surface area (Å²) in [5.74, 6) is -0.222. The maximum Gasteiger partial charge on any atom is 0.330 e. The Hall–Kier alpha value is -1.20. The van der Waals surface area contributed by atoms with Crippen LogP contribution in [0.5, 0.6) is 0 Å². The number of hydrogen-bond acceptors (Lipinski definition) is 5. The minimum absolute atomic E-state index is 0.169. The van der Waals surface area contributed by atoms with Gasteiger partial charge < -0.3 is 15.2 Å². The van der Waals surface area contributed by atoms with Gasteiger partial charge in [0, 0.05) is 26.1 Å². The van der Waals surface area contributed by atoms with Crippen molar-refractivity contribution in [1.29, 1.82) is 0 Å². The number of hydrogen-bond donors (Lipinski definition) is 3. The molecule has 2 heterocycles. The lowest BCUT2D eigenvalue weighted by Crippen LogP contribution is -2.36. The fourth-order valence-corrected chi connectivity index (χ4v) is 2.42. The molecule has 2 rings (SSSR count). The number of aliphatic hydroxyl groups is 1. The Morgan fingerprint density at radius 1 is 1.65 bits per heavy atom. The molecule has 1 aliphatic rings. The zero-order valence-corrected chi connectivity index (χ0v) is 12.8. The molecule has 0 bridgehead atoms. The summed E-state index contributed by atoms with van der Waals surface area (Å²) in [6.07, 6.45) is -0.433. The van der Waals surface area contributed by atoms with Crippen LogP contribution in [-0.2, 0) is 9.53 Å². The van der Waals surface area contributed by atoms with Crippen molar-refractivity contribution in [3.8, 4) is 0 Å². The van der Waals surface area contributed by atoms with Crippen LogP contribution in [0.15, 0.2) is 15.8 Å². The molecule has 0 saturated carbocycles. The molecule has 0 unspecified atom stereocenters. The van der Waals surface area contributed by atoms with E-state index in [-0.39, 0.29) is 18.9 Å². The third kappa shape index (κ3) is 3.27. The van der Waals surface area contributed by atoms with Crippen molar-refractivity contribution >= 4 is 28.5 Å². The molecule has 1 aromatic heterocycles. The number of amides is 1. The summed E-state index contributed by atoms with van der Waals surface area (Å²) in [4.78, 5) is 36.1. The monoisotopic (exact) mass is 395 g/mol. The maximum atomic E-state index is 11.7. The van der Waals surface area contributed by atoms with Crippen LogP contribution in [0.2, 0.25) is 0 Å². The van der Waals surface area contributed by atoms with E-state index < -0.39 is 29.7 Å². The molecule has 0 radical (unpaired) electrons. The molecule has 3 N–H and O–H groups in total. The zero-order chi connectivity index (χ0) is 14.9. The van der Waals surface area contributed by atoms with Gasteiger partial charge in [-0.15, -0.1) is 0 Å². The summed E-state index contributed by atoms with van der Waals surface area (Å²) in [6.45, 7) is 1.54. The Bertz CT molecular complexity index is 625. The lowest BCUT2D eigenvalue weighted by atomic mass is 10.2. The third-order valence-electron chi connectivity index (χ3n) is 2.99. The normalized spacial score (nSPS) is 25.6. The van der Waals surface area contributed by atoms with E-state index in [2.05, 4.69) is 10.3 Å². The predicted molar refractivity (Wildman–Crippen MR) is 77.3 cm³/mol. The molecule has 1 fully saturated rings. The van der Waals surface area contributed by atoms with Crippen molar-refractivity contribution in [3.05, 3.63) is 30.6 Å². The number of aromatic amines is 1. The third-order valence-corrected chi connectivity index (χ3v) is 3.76. The Morgan fingerprint density at radius 3 is 3.00 bits per heavy atom. The molecule has 8 nitrogen and oxygen atoms in total. The van der Waals surface area contributed by atoms with Crippen LogP contribution in [0.3, 0.4) is 0 Å². The molecular formula is C11H14IN3O5. The minimum atomic E-state index is -0.789. The number of aliphatic hydroxyl groups excluding tert-OH is 1. The van der Waals surface area contributed by atoms with E-state index >= 15 is 0 Å². The van der Waals surface area contributed by atoms with Gasteiger partial charge in [0.2, 0.25) is 5.91 Å². The van der Waals surface area contributed by atoms with Crippen molar-refractivity contribution < 1.29 is 14.6 Å². The molecule has 20 heavy (non-hydrogen) atoms. The Kier molecular flexibility index (Phi) is 4.60. The SMILES string of the molecule is CC(=O)NC[C@H]1O[C@@H](n2cc(I)c(=O)[nH]c2=O)C[C@@H]1O. The van der Waals surface area contributed by atoms with Gasteiger partial charge in [-0.25, -0.2) is 4.79 Å². The van der Waals surface area contributed by atoms with E-state index in [1.54, 1.807) is 0 Å². The molecule has 9 heteroatoms. The first kappa shape index (κ1) is 15.2. The van der Waals surface area contributed by atoms with E-state index in [0.717, 1.165) is 0 Å². The van der Waals surface area contributed by atoms with E-state index in [4.69, 9.17) is 4.74 Å². The number of nitrogens with one attached hydrogen (secondary N) is 2. The van der Waals surface area contributed by atoms with Crippen LogP contribution < -0.4 is 16.6 Å². The van der Waals surface area contributed by atoms with Gasteiger partial charge in [-0.3, -0.25) is 19.1 Å². The molecule has 1 amide bonds. The second-order valence-corrected chi connectivity index (χ2v) is 5.68. The highest BCUT2D eigenvalue weighted by molar-refractivity contribution is 14.1. The number of carbonyl (C=O) groups is 1. The van der Waals surface area contributed by atoms with Gasteiger partial charge in [-0.2, -0.15) is 0 Å². The molecular weight excluding hydrogens is 381 g/mol. The van der Waals surface area contributed by atoms with Crippen molar-refractivity contribution in [2.75, 3.05) is 6.54 Å². The summed E-state index contributed by atoms with van der Waals surface area (Å²) in [5.41, 5.74) is -1.05. The van der Waals surface area contributed by atoms with E-state index in [1.165, 1.54) is 17.7 Å². The summed E-state index contributed by atoms with van der Waals surface area (Å²) < 4.78 is 7.15. The van der Waals surface area contributed by atoms with Gasteiger partial charge in [0.15, 0.2) is 0 Å². The van der Waals surface area contributed by atoms with E-state index in [0.29, 0.717) is 3.57 Å². The number of rotatable bonds is 3. The number of carbonyl (C=O) groups excluding carboxylic acids is 1. The van der Waals surface area contributed by atoms with Gasteiger partial charge >= 0.3 is 5.69 Å². The van der Waals surface area contributed by atoms with Crippen molar-refractivity contribution in [2.24, 2.45) is 0 Å². The second-order valence-electron chi connectivity index (χ2n) is 4.51. The highest BCUT2D eigenvalue weighted by Gasteiger charge is 2.35. The zero-order valence-electron chi connectivity index (χ0n) is 10.6. The van der Waals surface area contributed by atoms with Gasteiger partial charge in [0.25, 0.3) is 5.56 Å². The van der Waals surface area contributed by atoms with Crippen molar-refractivity contribution in [3.63, 3.8) is 0 Å². The van der Waals surface area contributed by atoms with Crippen LogP contribution >= 0.6 is 22.6 Å². The topological polar surface area (TPSA) is 113 Å². The Morgan fingerprint density at radius 2 is 2.35 bits per heavy atom. The fourth-order valence-electron chi connectivity index (χ4n) is 1.99. The molecule has 0 aromatic carbocycles. The van der Waals surface area contributed by atoms with Crippen LogP contribution in [0.25, 0.3) is 0 Å². The first-order valence-electron chi connectivity index (χ1n) is 5.97. The molecule has 1 saturated heterocycles. The van der Waals surface area contributed by atoms with Gasteiger partial charge in [0.1, 0.15) is 12.3 Å². The molecule has 1 aromatic rings. The summed E-state index contributed by atoms with van der Waals surface area (Å²) in [6, 6.07) is 0. The number of H-pyrrole nitrogens is 1.